The number of rotatable bonds is 2. The van der Waals surface area contributed by atoms with Crippen molar-refractivity contribution in [2.24, 2.45) is 16.2 Å². The smallest absolute Gasteiger partial charge is 0.331 e. The van der Waals surface area contributed by atoms with Crippen LogP contribution in [0.1, 0.15) is 59.4 Å². The van der Waals surface area contributed by atoms with Crippen molar-refractivity contribution in [2.75, 3.05) is 4.90 Å². The highest BCUT2D eigenvalue weighted by Crippen LogP contribution is 2.64. The number of urea groups is 1. The number of carbonyl (C=O) groups is 3. The summed E-state index contributed by atoms with van der Waals surface area (Å²) in [7, 11) is 0. The molecule has 1 aromatic carbocycles. The van der Waals surface area contributed by atoms with Gasteiger partial charge in [0.2, 0.25) is 11.8 Å². The minimum Gasteiger partial charge on any atom is -0.363 e. The van der Waals surface area contributed by atoms with Crippen LogP contribution < -0.4 is 10.2 Å². The van der Waals surface area contributed by atoms with Crippen molar-refractivity contribution < 1.29 is 19.3 Å². The molecule has 1 aliphatic carbocycles. The summed E-state index contributed by atoms with van der Waals surface area (Å²) >= 11 is 0. The van der Waals surface area contributed by atoms with E-state index in [-0.39, 0.29) is 29.0 Å². The molecule has 2 saturated heterocycles. The summed E-state index contributed by atoms with van der Waals surface area (Å²) in [6.07, 6.45) is 2.61. The quantitative estimate of drug-likeness (QED) is 0.416. The summed E-state index contributed by atoms with van der Waals surface area (Å²) in [6.45, 7) is 10.1. The number of hydrogen-bond acceptors (Lipinski definition) is 6. The molecule has 9 heteroatoms. The number of anilines is 1. The molecule has 0 unspecified atom stereocenters. The van der Waals surface area contributed by atoms with E-state index in [0.29, 0.717) is 5.56 Å². The van der Waals surface area contributed by atoms with Gasteiger partial charge in [0, 0.05) is 36.3 Å². The largest absolute Gasteiger partial charge is 0.363 e. The van der Waals surface area contributed by atoms with E-state index in [1.165, 1.54) is 12.1 Å². The van der Waals surface area contributed by atoms with Gasteiger partial charge in [-0.3, -0.25) is 29.9 Å². The lowest BCUT2D eigenvalue weighted by atomic mass is 9.56. The van der Waals surface area contributed by atoms with Crippen LogP contribution in [-0.2, 0) is 16.0 Å². The molecule has 9 nitrogen and oxygen atoms in total. The van der Waals surface area contributed by atoms with Crippen LogP contribution in [0.4, 0.5) is 16.2 Å². The number of nitrogens with zero attached hydrogens (tertiary/aromatic N) is 3. The third kappa shape index (κ3) is 2.80. The summed E-state index contributed by atoms with van der Waals surface area (Å²) in [5.74, 6) is -1.09. The van der Waals surface area contributed by atoms with Crippen LogP contribution in [0.15, 0.2) is 18.2 Å². The Balaban J connectivity index is 1.78. The van der Waals surface area contributed by atoms with Crippen LogP contribution in [0.5, 0.6) is 0 Å². The number of benzene rings is 1. The first kappa shape index (κ1) is 21.9. The lowest BCUT2D eigenvalue weighted by molar-refractivity contribution is -0.384. The summed E-state index contributed by atoms with van der Waals surface area (Å²) in [6, 6.07) is 3.29. The molecule has 0 aromatic heterocycles. The van der Waals surface area contributed by atoms with Gasteiger partial charge in [-0.05, 0) is 55.6 Å². The third-order valence-electron chi connectivity index (χ3n) is 8.15. The van der Waals surface area contributed by atoms with Gasteiger partial charge in [0.25, 0.3) is 5.69 Å². The lowest BCUT2D eigenvalue weighted by Crippen LogP contribution is -2.74. The predicted octanol–water partition coefficient (Wildman–Crippen LogP) is 3.40. The van der Waals surface area contributed by atoms with E-state index in [1.54, 1.807) is 19.9 Å². The number of nitro groups is 1. The zero-order valence-corrected chi connectivity index (χ0v) is 19.7. The van der Waals surface area contributed by atoms with E-state index < -0.39 is 40.3 Å². The van der Waals surface area contributed by atoms with Gasteiger partial charge in [0.05, 0.1) is 11.0 Å². The highest BCUT2D eigenvalue weighted by Gasteiger charge is 2.71. The molecule has 1 N–H and O–H groups in total. The molecule has 4 aliphatic rings. The van der Waals surface area contributed by atoms with E-state index in [2.05, 4.69) is 31.0 Å². The molecular formula is C24H30N4O5. The zero-order valence-electron chi connectivity index (χ0n) is 19.7. The lowest BCUT2D eigenvalue weighted by Gasteiger charge is -2.54. The number of carbonyl (C=O) groups excluding carboxylic acids is 3. The number of imide groups is 2. The molecule has 176 valence electrons. The Morgan fingerprint density at radius 1 is 1.15 bits per heavy atom. The first-order valence-corrected chi connectivity index (χ1v) is 11.6. The Morgan fingerprint density at radius 3 is 2.48 bits per heavy atom. The molecule has 3 fully saturated rings. The van der Waals surface area contributed by atoms with Gasteiger partial charge < -0.3 is 4.90 Å². The van der Waals surface area contributed by atoms with Crippen molar-refractivity contribution in [1.29, 1.82) is 0 Å². The number of barbiturate groups is 1. The maximum absolute atomic E-state index is 14.1. The molecule has 2 bridgehead atoms. The minimum atomic E-state index is -1.52. The van der Waals surface area contributed by atoms with Gasteiger partial charge in [-0.2, -0.15) is 0 Å². The van der Waals surface area contributed by atoms with Gasteiger partial charge >= 0.3 is 6.03 Å². The molecule has 4 amide bonds. The van der Waals surface area contributed by atoms with Gasteiger partial charge in [0.1, 0.15) is 0 Å². The van der Waals surface area contributed by atoms with E-state index in [0.717, 1.165) is 29.8 Å². The number of non-ortho nitro benzene ring substituents is 1. The zero-order chi connectivity index (χ0) is 24.1. The van der Waals surface area contributed by atoms with Crippen molar-refractivity contribution in [2.45, 2.75) is 78.4 Å². The molecule has 1 aromatic rings. The highest BCUT2D eigenvalue weighted by molar-refractivity contribution is 6.20. The number of nitro benzene ring substituents is 1. The van der Waals surface area contributed by atoms with E-state index in [9.17, 15) is 24.5 Å². The molecule has 3 heterocycles. The van der Waals surface area contributed by atoms with Crippen LogP contribution in [0.25, 0.3) is 0 Å². The molecule has 5 rings (SSSR count). The van der Waals surface area contributed by atoms with E-state index >= 15 is 0 Å². The van der Waals surface area contributed by atoms with Crippen molar-refractivity contribution in [3.63, 3.8) is 0 Å². The van der Waals surface area contributed by atoms with Crippen LogP contribution in [-0.4, -0.2) is 45.8 Å². The van der Waals surface area contributed by atoms with Crippen LogP contribution >= 0.6 is 0 Å². The topological polar surface area (TPSA) is 113 Å². The fraction of sp³-hybridized carbons (Fsp3) is 0.625. The second kappa shape index (κ2) is 6.55. The number of hydrogen-bond donors (Lipinski definition) is 1. The second-order valence-electron chi connectivity index (χ2n) is 11.6. The van der Waals surface area contributed by atoms with Gasteiger partial charge in [-0.1, -0.05) is 20.8 Å². The SMILES string of the molecule is CC(C)N1C(=O)NC(=O)[C@@]2(Cc3cc([N+](=O)[O-])ccc3N3[C@H]4CC(C)(C)C[C@@](C)(C4)[C@@H]32)C1=O. The number of nitrogens with one attached hydrogen (secondary N) is 1. The molecule has 4 atom stereocenters. The summed E-state index contributed by atoms with van der Waals surface area (Å²) in [5.41, 5.74) is -0.450. The normalized spacial score (nSPS) is 34.4. The molecule has 33 heavy (non-hydrogen) atoms. The molecule has 1 saturated carbocycles. The fourth-order valence-corrected chi connectivity index (χ4v) is 7.62. The van der Waals surface area contributed by atoms with Crippen LogP contribution in [0.3, 0.4) is 0 Å². The minimum absolute atomic E-state index is 0.0128. The predicted molar refractivity (Wildman–Crippen MR) is 121 cm³/mol. The molecular weight excluding hydrogens is 424 g/mol. The van der Waals surface area contributed by atoms with Gasteiger partial charge in [0.15, 0.2) is 5.41 Å². The maximum atomic E-state index is 14.1. The Bertz CT molecular complexity index is 1110. The van der Waals surface area contributed by atoms with Gasteiger partial charge in [-0.15, -0.1) is 0 Å². The van der Waals surface area contributed by atoms with Gasteiger partial charge in [-0.25, -0.2) is 4.79 Å². The van der Waals surface area contributed by atoms with Crippen molar-refractivity contribution >= 4 is 29.2 Å². The summed E-state index contributed by atoms with van der Waals surface area (Å²) in [4.78, 5) is 54.8. The highest BCUT2D eigenvalue weighted by atomic mass is 16.6. The number of amides is 4. The monoisotopic (exact) mass is 454 g/mol. The second-order valence-corrected chi connectivity index (χ2v) is 11.6. The van der Waals surface area contributed by atoms with E-state index in [1.807, 2.05) is 0 Å². The third-order valence-corrected chi connectivity index (χ3v) is 8.15. The average molecular weight is 455 g/mol. The standard InChI is InChI=1S/C24H30N4O5/c1-13(2)26-20(30)24(19(29)25-21(26)31)9-14-8-15(28(32)33)6-7-17(14)27-16-10-22(3,4)12-23(5,11-16)18(24)27/h6-8,13,16,18H,9-12H2,1-5H3,(H,25,29,31)/t16-,18+,23+,24-/m0/s1. The Kier molecular flexibility index (Phi) is 4.33. The summed E-state index contributed by atoms with van der Waals surface area (Å²) < 4.78 is 0. The number of fused-ring (bicyclic) bond motifs is 8. The van der Waals surface area contributed by atoms with Crippen molar-refractivity contribution in [3.05, 3.63) is 33.9 Å². The first-order valence-electron chi connectivity index (χ1n) is 11.6. The van der Waals surface area contributed by atoms with Crippen molar-refractivity contribution in [3.8, 4) is 0 Å². The average Bonchev–Trinajstić information content (AvgIpc) is 2.91. The molecule has 0 radical (unpaired) electrons. The Morgan fingerprint density at radius 2 is 1.85 bits per heavy atom. The molecule has 1 spiro atoms. The van der Waals surface area contributed by atoms with Crippen LogP contribution in [0, 0.1) is 26.4 Å². The summed E-state index contributed by atoms with van der Waals surface area (Å²) in [5, 5.41) is 14.0. The molecule has 3 aliphatic heterocycles. The maximum Gasteiger partial charge on any atom is 0.331 e. The van der Waals surface area contributed by atoms with Crippen LogP contribution in [0.2, 0.25) is 0 Å². The van der Waals surface area contributed by atoms with E-state index in [4.69, 9.17) is 0 Å². The Hall–Kier alpha value is -2.97. The van der Waals surface area contributed by atoms with Crippen molar-refractivity contribution in [1.82, 2.24) is 10.2 Å². The fourth-order valence-electron chi connectivity index (χ4n) is 7.62. The Labute approximate surface area is 192 Å². The first-order chi connectivity index (χ1) is 15.3.